The van der Waals surface area contributed by atoms with E-state index in [0.29, 0.717) is 26.3 Å². The second-order valence-electron chi connectivity index (χ2n) is 8.57. The smallest absolute Gasteiger partial charge is 0.152 e. The predicted molar refractivity (Wildman–Crippen MR) is 118 cm³/mol. The van der Waals surface area contributed by atoms with Gasteiger partial charge in [0.1, 0.15) is 0 Å². The number of hydrogen-bond donors (Lipinski definition) is 1. The van der Waals surface area contributed by atoms with Crippen LogP contribution >= 0.6 is 0 Å². The molecule has 1 N–H and O–H groups in total. The molecule has 1 fully saturated rings. The van der Waals surface area contributed by atoms with Crippen molar-refractivity contribution in [2.75, 3.05) is 36.5 Å². The number of ether oxygens (including phenoxy) is 1. The van der Waals surface area contributed by atoms with Gasteiger partial charge in [-0.05, 0) is 41.3 Å². The summed E-state index contributed by atoms with van der Waals surface area (Å²) in [5.74, 6) is 0.533. The van der Waals surface area contributed by atoms with Gasteiger partial charge in [0, 0.05) is 43.0 Å². The van der Waals surface area contributed by atoms with E-state index in [4.69, 9.17) is 4.74 Å². The molecule has 2 aliphatic heterocycles. The lowest BCUT2D eigenvalue weighted by Crippen LogP contribution is -2.39. The minimum Gasteiger partial charge on any atom is -0.377 e. The van der Waals surface area contributed by atoms with Gasteiger partial charge in [-0.2, -0.15) is 0 Å². The molecule has 0 bridgehead atoms. The summed E-state index contributed by atoms with van der Waals surface area (Å²) in [5, 5.41) is 3.61. The highest BCUT2D eigenvalue weighted by molar-refractivity contribution is 7.91. The molecule has 0 atom stereocenters. The molecule has 5 nitrogen and oxygen atoms in total. The molecule has 0 aliphatic carbocycles. The fourth-order valence-corrected chi connectivity index (χ4v) is 5.60. The Balaban J connectivity index is 1.57. The van der Waals surface area contributed by atoms with E-state index < -0.39 is 9.84 Å². The van der Waals surface area contributed by atoms with Gasteiger partial charge in [-0.15, -0.1) is 0 Å². The fourth-order valence-electron chi connectivity index (χ4n) is 4.32. The van der Waals surface area contributed by atoms with Crippen molar-refractivity contribution in [3.63, 3.8) is 0 Å². The van der Waals surface area contributed by atoms with E-state index in [1.807, 2.05) is 6.92 Å². The Hall–Kier alpha value is -1.89. The van der Waals surface area contributed by atoms with Crippen molar-refractivity contribution >= 4 is 21.2 Å². The van der Waals surface area contributed by atoms with Crippen LogP contribution in [0.4, 0.5) is 11.4 Å². The van der Waals surface area contributed by atoms with Crippen molar-refractivity contribution in [1.82, 2.24) is 4.90 Å². The number of benzene rings is 2. The van der Waals surface area contributed by atoms with Crippen LogP contribution < -0.4 is 5.32 Å². The van der Waals surface area contributed by atoms with Gasteiger partial charge in [0.05, 0.1) is 18.1 Å². The summed E-state index contributed by atoms with van der Waals surface area (Å²) in [4.78, 5) is 2.24. The molecule has 0 saturated carbocycles. The molecule has 2 aliphatic rings. The number of sulfone groups is 1. The van der Waals surface area contributed by atoms with E-state index in [1.54, 1.807) is 0 Å². The number of anilines is 2. The molecule has 1 saturated heterocycles. The molecule has 6 heteroatoms. The third kappa shape index (κ3) is 4.20. The molecule has 0 unspecified atom stereocenters. The molecule has 29 heavy (non-hydrogen) atoms. The van der Waals surface area contributed by atoms with E-state index in [1.165, 1.54) is 22.3 Å². The normalized spacial score (nSPS) is 19.8. The van der Waals surface area contributed by atoms with Crippen LogP contribution in [0, 0.1) is 0 Å². The summed E-state index contributed by atoms with van der Waals surface area (Å²) in [6, 6.07) is 13.1. The van der Waals surface area contributed by atoms with Crippen molar-refractivity contribution in [3.05, 3.63) is 58.7 Å². The molecule has 0 amide bonds. The van der Waals surface area contributed by atoms with Crippen molar-refractivity contribution in [2.45, 2.75) is 39.3 Å². The quantitative estimate of drug-likeness (QED) is 0.806. The maximum Gasteiger partial charge on any atom is 0.152 e. The summed E-state index contributed by atoms with van der Waals surface area (Å²) in [5.41, 5.74) is 7.15. The van der Waals surface area contributed by atoms with Crippen LogP contribution in [0.2, 0.25) is 0 Å². The summed E-state index contributed by atoms with van der Waals surface area (Å²) in [6.45, 7) is 9.91. The van der Waals surface area contributed by atoms with E-state index in [9.17, 15) is 8.42 Å². The van der Waals surface area contributed by atoms with Crippen LogP contribution in [0.15, 0.2) is 36.4 Å². The molecule has 2 heterocycles. The van der Waals surface area contributed by atoms with Crippen LogP contribution in [0.25, 0.3) is 0 Å². The Labute approximate surface area is 174 Å². The maximum absolute atomic E-state index is 11.7. The van der Waals surface area contributed by atoms with Gasteiger partial charge in [-0.3, -0.25) is 4.90 Å². The van der Waals surface area contributed by atoms with Crippen LogP contribution in [-0.4, -0.2) is 44.5 Å². The standard InChI is InChI=1S/C23H30N2O3S/c1-4-28-16-18-5-7-19-22(14-18)24-21-8-6-17(13-20(21)23(19,2)3)15-25-9-11-29(26,27)12-10-25/h5-8,13-14,24H,4,9-12,15-16H2,1-3H3. The second-order valence-corrected chi connectivity index (χ2v) is 10.9. The Morgan fingerprint density at radius 1 is 1.00 bits per heavy atom. The third-order valence-corrected chi connectivity index (χ3v) is 7.71. The highest BCUT2D eigenvalue weighted by atomic mass is 32.2. The first-order valence-corrected chi connectivity index (χ1v) is 12.1. The summed E-state index contributed by atoms with van der Waals surface area (Å²) >= 11 is 0. The number of rotatable bonds is 5. The lowest BCUT2D eigenvalue weighted by molar-refractivity contribution is 0.134. The Morgan fingerprint density at radius 2 is 1.72 bits per heavy atom. The zero-order valence-electron chi connectivity index (χ0n) is 17.5. The largest absolute Gasteiger partial charge is 0.377 e. The molecule has 2 aromatic carbocycles. The Morgan fingerprint density at radius 3 is 2.45 bits per heavy atom. The van der Waals surface area contributed by atoms with Gasteiger partial charge in [0.15, 0.2) is 9.84 Å². The molecule has 4 rings (SSSR count). The number of hydrogen-bond acceptors (Lipinski definition) is 5. The van der Waals surface area contributed by atoms with Crippen LogP contribution in [0.3, 0.4) is 0 Å². The number of nitrogens with zero attached hydrogens (tertiary/aromatic N) is 1. The number of fused-ring (bicyclic) bond motifs is 2. The lowest BCUT2D eigenvalue weighted by Gasteiger charge is -2.36. The highest BCUT2D eigenvalue weighted by Gasteiger charge is 2.33. The molecular weight excluding hydrogens is 384 g/mol. The van der Waals surface area contributed by atoms with E-state index in [2.05, 4.69) is 60.5 Å². The first-order valence-electron chi connectivity index (χ1n) is 10.3. The van der Waals surface area contributed by atoms with Crippen LogP contribution in [-0.2, 0) is 33.1 Å². The highest BCUT2D eigenvalue weighted by Crippen LogP contribution is 2.45. The minimum atomic E-state index is -2.84. The first kappa shape index (κ1) is 20.4. The molecular formula is C23H30N2O3S. The number of nitrogens with one attached hydrogen (secondary N) is 1. The molecule has 0 aromatic heterocycles. The van der Waals surface area contributed by atoms with E-state index in [0.717, 1.165) is 17.9 Å². The van der Waals surface area contributed by atoms with Gasteiger partial charge in [0.2, 0.25) is 0 Å². The van der Waals surface area contributed by atoms with Crippen molar-refractivity contribution < 1.29 is 13.2 Å². The van der Waals surface area contributed by atoms with Crippen molar-refractivity contribution in [2.24, 2.45) is 0 Å². The summed E-state index contributed by atoms with van der Waals surface area (Å²) in [7, 11) is -2.84. The Bertz CT molecular complexity index is 1000. The molecule has 156 valence electrons. The molecule has 0 spiro atoms. The van der Waals surface area contributed by atoms with Gasteiger partial charge >= 0.3 is 0 Å². The van der Waals surface area contributed by atoms with Crippen molar-refractivity contribution in [1.29, 1.82) is 0 Å². The van der Waals surface area contributed by atoms with Gasteiger partial charge in [-0.1, -0.05) is 38.1 Å². The minimum absolute atomic E-state index is 0.110. The average Bonchev–Trinajstić information content (AvgIpc) is 2.68. The SMILES string of the molecule is CCOCc1ccc2c(c1)Nc1ccc(CN3CCS(=O)(=O)CC3)cc1C2(C)C. The van der Waals surface area contributed by atoms with Crippen molar-refractivity contribution in [3.8, 4) is 0 Å². The van der Waals surface area contributed by atoms with Crippen LogP contribution in [0.5, 0.6) is 0 Å². The molecule has 2 aromatic rings. The zero-order valence-corrected chi connectivity index (χ0v) is 18.3. The zero-order chi connectivity index (χ0) is 20.6. The van der Waals surface area contributed by atoms with Gasteiger partial charge < -0.3 is 10.1 Å². The molecule has 0 radical (unpaired) electrons. The fraction of sp³-hybridized carbons (Fsp3) is 0.478. The van der Waals surface area contributed by atoms with E-state index in [-0.39, 0.29) is 16.9 Å². The predicted octanol–water partition coefficient (Wildman–Crippen LogP) is 3.84. The summed E-state index contributed by atoms with van der Waals surface area (Å²) < 4.78 is 28.9. The first-order chi connectivity index (χ1) is 13.8. The summed E-state index contributed by atoms with van der Waals surface area (Å²) in [6.07, 6.45) is 0. The topological polar surface area (TPSA) is 58.6 Å². The van der Waals surface area contributed by atoms with Crippen LogP contribution in [0.1, 0.15) is 43.0 Å². The Kier molecular flexibility index (Phi) is 5.44. The third-order valence-electron chi connectivity index (χ3n) is 6.10. The monoisotopic (exact) mass is 414 g/mol. The van der Waals surface area contributed by atoms with Gasteiger partial charge in [0.25, 0.3) is 0 Å². The second kappa shape index (κ2) is 7.74. The average molecular weight is 415 g/mol. The van der Waals surface area contributed by atoms with Gasteiger partial charge in [-0.25, -0.2) is 8.42 Å². The van der Waals surface area contributed by atoms with E-state index >= 15 is 0 Å². The maximum atomic E-state index is 11.7. The lowest BCUT2D eigenvalue weighted by atomic mass is 9.73.